The lowest BCUT2D eigenvalue weighted by Crippen LogP contribution is -2.18. The lowest BCUT2D eigenvalue weighted by Gasteiger charge is -2.09. The first-order chi connectivity index (χ1) is 12.9. The summed E-state index contributed by atoms with van der Waals surface area (Å²) in [7, 11) is 0. The van der Waals surface area contributed by atoms with E-state index in [-0.39, 0.29) is 16.5 Å². The summed E-state index contributed by atoms with van der Waals surface area (Å²) < 4.78 is 0. The van der Waals surface area contributed by atoms with Gasteiger partial charge in [-0.05, 0) is 30.2 Å². The van der Waals surface area contributed by atoms with Crippen LogP contribution in [0.15, 0.2) is 42.5 Å². The van der Waals surface area contributed by atoms with Crippen molar-refractivity contribution in [1.82, 2.24) is 0 Å². The number of nitrogens with one attached hydrogen (secondary N) is 1. The first-order valence-electron chi connectivity index (χ1n) is 8.01. The number of nitro groups is 1. The number of carbonyl (C=O) groups is 2. The molecule has 2 N–H and O–H groups in total. The number of hydrogen-bond acceptors (Lipinski definition) is 5. The van der Waals surface area contributed by atoms with Gasteiger partial charge in [0.15, 0.2) is 5.56 Å². The molecule has 7 nitrogen and oxygen atoms in total. The van der Waals surface area contributed by atoms with Crippen molar-refractivity contribution in [2.45, 2.75) is 12.8 Å². The van der Waals surface area contributed by atoms with Gasteiger partial charge in [0, 0.05) is 11.1 Å². The Morgan fingerprint density at radius 1 is 1.22 bits per heavy atom. The van der Waals surface area contributed by atoms with E-state index >= 15 is 0 Å². The van der Waals surface area contributed by atoms with Crippen LogP contribution in [0.2, 0.25) is 5.02 Å². The fourth-order valence-electron chi connectivity index (χ4n) is 2.43. The number of aromatic carboxylic acids is 1. The molecule has 0 aliphatic carbocycles. The van der Waals surface area contributed by atoms with Gasteiger partial charge in [-0.25, -0.2) is 4.79 Å². The highest BCUT2D eigenvalue weighted by molar-refractivity contribution is 7.99. The van der Waals surface area contributed by atoms with Gasteiger partial charge < -0.3 is 10.4 Å². The van der Waals surface area contributed by atoms with Crippen molar-refractivity contribution < 1.29 is 19.6 Å². The minimum atomic E-state index is -1.51. The van der Waals surface area contributed by atoms with Gasteiger partial charge in [0.25, 0.3) is 5.69 Å². The van der Waals surface area contributed by atoms with E-state index in [4.69, 9.17) is 11.6 Å². The number of nitrogens with zero attached hydrogens (tertiary/aromatic N) is 1. The monoisotopic (exact) mass is 408 g/mol. The molecule has 0 fully saturated rings. The van der Waals surface area contributed by atoms with E-state index in [9.17, 15) is 24.8 Å². The van der Waals surface area contributed by atoms with Crippen LogP contribution in [0.1, 0.15) is 22.3 Å². The number of hydrogen-bond donors (Lipinski definition) is 2. The minimum Gasteiger partial charge on any atom is -0.477 e. The standard InChI is InChI=1S/C18H17ClN2O5S/c19-13-9-14(17(18(23)24)15(10-13)21(25)26)20-16(22)11-27-8-4-7-12-5-2-1-3-6-12/h1-3,5-6,9-10H,4,7-8,11H2,(H,20,22)(H,23,24). The number of halogens is 1. The first-order valence-corrected chi connectivity index (χ1v) is 9.54. The van der Waals surface area contributed by atoms with Crippen molar-refractivity contribution in [3.05, 3.63) is 68.7 Å². The van der Waals surface area contributed by atoms with Gasteiger partial charge in [0.05, 0.1) is 16.4 Å². The number of nitro benzene ring substituents is 1. The van der Waals surface area contributed by atoms with E-state index < -0.39 is 28.1 Å². The van der Waals surface area contributed by atoms with E-state index in [1.807, 2.05) is 30.3 Å². The van der Waals surface area contributed by atoms with Gasteiger partial charge in [0.2, 0.25) is 5.91 Å². The number of benzene rings is 2. The predicted molar refractivity (Wildman–Crippen MR) is 106 cm³/mol. The van der Waals surface area contributed by atoms with Crippen LogP contribution in [0.4, 0.5) is 11.4 Å². The summed E-state index contributed by atoms with van der Waals surface area (Å²) >= 11 is 7.21. The molecule has 0 aromatic heterocycles. The zero-order valence-electron chi connectivity index (χ0n) is 14.2. The van der Waals surface area contributed by atoms with Gasteiger partial charge >= 0.3 is 5.97 Å². The molecular formula is C18H17ClN2O5S. The van der Waals surface area contributed by atoms with Crippen molar-refractivity contribution in [3.8, 4) is 0 Å². The molecule has 0 aliphatic heterocycles. The van der Waals surface area contributed by atoms with Gasteiger partial charge in [-0.15, -0.1) is 0 Å². The Balaban J connectivity index is 1.91. The van der Waals surface area contributed by atoms with Crippen LogP contribution in [0.5, 0.6) is 0 Å². The molecule has 0 heterocycles. The largest absolute Gasteiger partial charge is 0.477 e. The zero-order chi connectivity index (χ0) is 19.8. The van der Waals surface area contributed by atoms with E-state index in [0.717, 1.165) is 24.7 Å². The smallest absolute Gasteiger partial charge is 0.344 e. The second kappa shape index (κ2) is 9.94. The van der Waals surface area contributed by atoms with Crippen molar-refractivity contribution in [3.63, 3.8) is 0 Å². The molecule has 0 aliphatic rings. The summed E-state index contributed by atoms with van der Waals surface area (Å²) in [6.07, 6.45) is 1.80. The Kier molecular flexibility index (Phi) is 7.63. The van der Waals surface area contributed by atoms with Crippen molar-refractivity contribution in [2.24, 2.45) is 0 Å². The zero-order valence-corrected chi connectivity index (χ0v) is 15.8. The molecule has 27 heavy (non-hydrogen) atoms. The van der Waals surface area contributed by atoms with Crippen LogP contribution < -0.4 is 5.32 Å². The van der Waals surface area contributed by atoms with Gasteiger partial charge in [0.1, 0.15) is 0 Å². The summed E-state index contributed by atoms with van der Waals surface area (Å²) in [6.45, 7) is 0. The molecule has 0 spiro atoms. The number of amides is 1. The van der Waals surface area contributed by atoms with Gasteiger partial charge in [-0.2, -0.15) is 11.8 Å². The van der Waals surface area contributed by atoms with E-state index in [1.165, 1.54) is 23.4 Å². The number of anilines is 1. The third-order valence-corrected chi connectivity index (χ3v) is 4.86. The number of carboxylic acid groups (broad SMARTS) is 1. The van der Waals surface area contributed by atoms with Crippen molar-refractivity contribution in [2.75, 3.05) is 16.8 Å². The summed E-state index contributed by atoms with van der Waals surface area (Å²) in [5, 5.41) is 22.7. The fraction of sp³-hybridized carbons (Fsp3) is 0.222. The second-order valence-electron chi connectivity index (χ2n) is 5.60. The average Bonchev–Trinajstić information content (AvgIpc) is 2.61. The Hall–Kier alpha value is -2.58. The molecule has 1 amide bonds. The highest BCUT2D eigenvalue weighted by atomic mass is 35.5. The molecule has 142 valence electrons. The lowest BCUT2D eigenvalue weighted by molar-refractivity contribution is -0.385. The van der Waals surface area contributed by atoms with Crippen LogP contribution in [-0.4, -0.2) is 33.4 Å². The Morgan fingerprint density at radius 2 is 1.93 bits per heavy atom. The maximum atomic E-state index is 12.1. The van der Waals surface area contributed by atoms with Crippen molar-refractivity contribution in [1.29, 1.82) is 0 Å². The number of carbonyl (C=O) groups excluding carboxylic acids is 1. The Morgan fingerprint density at radius 3 is 2.56 bits per heavy atom. The molecule has 2 rings (SSSR count). The van der Waals surface area contributed by atoms with Crippen LogP contribution in [-0.2, 0) is 11.2 Å². The third kappa shape index (κ3) is 6.26. The first kappa shape index (κ1) is 20.7. The lowest BCUT2D eigenvalue weighted by atomic mass is 10.1. The SMILES string of the molecule is O=C(CSCCCc1ccccc1)Nc1cc(Cl)cc([N+](=O)[O-])c1C(=O)O. The average molecular weight is 409 g/mol. The molecule has 0 saturated carbocycles. The summed E-state index contributed by atoms with van der Waals surface area (Å²) in [5.74, 6) is -1.10. The van der Waals surface area contributed by atoms with Gasteiger partial charge in [-0.1, -0.05) is 41.9 Å². The molecule has 0 unspecified atom stereocenters. The highest BCUT2D eigenvalue weighted by Crippen LogP contribution is 2.31. The normalized spacial score (nSPS) is 10.4. The molecule has 2 aromatic rings. The Bertz CT molecular complexity index is 845. The fourth-order valence-corrected chi connectivity index (χ4v) is 3.40. The summed E-state index contributed by atoms with van der Waals surface area (Å²) in [4.78, 5) is 33.6. The topological polar surface area (TPSA) is 110 Å². The number of rotatable bonds is 9. The van der Waals surface area contributed by atoms with Crippen LogP contribution >= 0.6 is 23.4 Å². The maximum absolute atomic E-state index is 12.1. The van der Waals surface area contributed by atoms with E-state index in [0.29, 0.717) is 0 Å². The maximum Gasteiger partial charge on any atom is 0.344 e. The highest BCUT2D eigenvalue weighted by Gasteiger charge is 2.26. The molecule has 2 aromatic carbocycles. The van der Waals surface area contributed by atoms with Gasteiger partial charge in [-0.3, -0.25) is 14.9 Å². The Labute approximate surface area is 164 Å². The molecule has 0 bridgehead atoms. The molecule has 9 heteroatoms. The number of carboxylic acids is 1. The van der Waals surface area contributed by atoms with Crippen LogP contribution in [0, 0.1) is 10.1 Å². The quantitative estimate of drug-likeness (QED) is 0.364. The number of aryl methyl sites for hydroxylation is 1. The third-order valence-electron chi connectivity index (χ3n) is 3.60. The predicted octanol–water partition coefficient (Wildman–Crippen LogP) is 4.25. The summed E-state index contributed by atoms with van der Waals surface area (Å²) in [5.41, 5.74) is -0.218. The van der Waals surface area contributed by atoms with E-state index in [1.54, 1.807) is 0 Å². The molecule has 0 radical (unpaired) electrons. The second-order valence-corrected chi connectivity index (χ2v) is 7.14. The molecule has 0 saturated heterocycles. The minimum absolute atomic E-state index is 0.0301. The molecule has 0 atom stereocenters. The van der Waals surface area contributed by atoms with Crippen molar-refractivity contribution >= 4 is 46.6 Å². The van der Waals surface area contributed by atoms with Crippen LogP contribution in [0.25, 0.3) is 0 Å². The molecular weight excluding hydrogens is 392 g/mol. The number of thioether (sulfide) groups is 1. The van der Waals surface area contributed by atoms with E-state index in [2.05, 4.69) is 5.32 Å². The van der Waals surface area contributed by atoms with Crippen LogP contribution in [0.3, 0.4) is 0 Å². The summed E-state index contributed by atoms with van der Waals surface area (Å²) in [6, 6.07) is 12.1.